The molecule has 1 aromatic carbocycles. The zero-order chi connectivity index (χ0) is 14.8. The third-order valence-corrected chi connectivity index (χ3v) is 3.64. The highest BCUT2D eigenvalue weighted by molar-refractivity contribution is 6.02. The maximum absolute atomic E-state index is 12.1. The number of hydrogen-bond donors (Lipinski definition) is 3. The number of nitrogens with zero attached hydrogens (tertiary/aromatic N) is 2. The number of hydrogen-bond acceptors (Lipinski definition) is 4. The van der Waals surface area contributed by atoms with Gasteiger partial charge in [-0.3, -0.25) is 9.89 Å². The van der Waals surface area contributed by atoms with Crippen molar-refractivity contribution in [2.24, 2.45) is 5.10 Å². The highest BCUT2D eigenvalue weighted by atomic mass is 16.3. The number of carbonyl (C=O) groups excluding carboxylic acids is 1. The predicted octanol–water partition coefficient (Wildman–Crippen LogP) is 1.76. The first-order valence-corrected chi connectivity index (χ1v) is 6.86. The number of benzene rings is 1. The van der Waals surface area contributed by atoms with Crippen LogP contribution >= 0.6 is 0 Å². The topological polar surface area (TPSA) is 90.4 Å². The van der Waals surface area contributed by atoms with E-state index in [9.17, 15) is 9.90 Å². The second-order valence-electron chi connectivity index (χ2n) is 5.04. The van der Waals surface area contributed by atoms with Crippen molar-refractivity contribution in [3.8, 4) is 5.75 Å². The van der Waals surface area contributed by atoms with E-state index in [1.54, 1.807) is 31.2 Å². The van der Waals surface area contributed by atoms with Gasteiger partial charge in [-0.2, -0.15) is 10.2 Å². The Labute approximate surface area is 121 Å². The lowest BCUT2D eigenvalue weighted by Crippen LogP contribution is -2.21. The van der Waals surface area contributed by atoms with Gasteiger partial charge in [0, 0.05) is 16.8 Å². The second-order valence-corrected chi connectivity index (χ2v) is 5.04. The molecule has 6 heteroatoms. The van der Waals surface area contributed by atoms with Crippen molar-refractivity contribution < 1.29 is 9.90 Å². The van der Waals surface area contributed by atoms with Crippen LogP contribution in [0.5, 0.6) is 5.75 Å². The molecule has 1 aliphatic carbocycles. The fourth-order valence-corrected chi connectivity index (χ4v) is 2.53. The van der Waals surface area contributed by atoms with Gasteiger partial charge in [0.15, 0.2) is 5.69 Å². The van der Waals surface area contributed by atoms with Crippen LogP contribution in [-0.2, 0) is 12.8 Å². The molecule has 6 nitrogen and oxygen atoms in total. The van der Waals surface area contributed by atoms with Gasteiger partial charge in [0.25, 0.3) is 5.91 Å². The average Bonchev–Trinajstić information content (AvgIpc) is 3.07. The average molecular weight is 284 g/mol. The first-order valence-electron chi connectivity index (χ1n) is 6.86. The van der Waals surface area contributed by atoms with Gasteiger partial charge in [0.2, 0.25) is 0 Å². The summed E-state index contributed by atoms with van der Waals surface area (Å²) in [5.41, 5.74) is 6.06. The van der Waals surface area contributed by atoms with Gasteiger partial charge in [0.05, 0.1) is 5.71 Å². The molecule has 1 amide bonds. The molecular weight excluding hydrogens is 268 g/mol. The first-order chi connectivity index (χ1) is 10.2. The monoisotopic (exact) mass is 284 g/mol. The number of fused-ring (bicyclic) bond motifs is 1. The van der Waals surface area contributed by atoms with Gasteiger partial charge < -0.3 is 5.11 Å². The maximum atomic E-state index is 12.1. The molecular formula is C15H16N4O2. The summed E-state index contributed by atoms with van der Waals surface area (Å²) in [4.78, 5) is 12.1. The Hall–Kier alpha value is -2.63. The molecule has 0 saturated carbocycles. The van der Waals surface area contributed by atoms with E-state index in [2.05, 4.69) is 20.7 Å². The molecule has 108 valence electrons. The smallest absolute Gasteiger partial charge is 0.292 e. The van der Waals surface area contributed by atoms with E-state index in [0.29, 0.717) is 17.0 Å². The van der Waals surface area contributed by atoms with Crippen LogP contribution in [0.25, 0.3) is 0 Å². The van der Waals surface area contributed by atoms with Crippen molar-refractivity contribution in [2.75, 3.05) is 0 Å². The maximum Gasteiger partial charge on any atom is 0.292 e. The number of carbonyl (C=O) groups is 1. The normalized spacial score (nSPS) is 14.0. The van der Waals surface area contributed by atoms with E-state index in [-0.39, 0.29) is 11.7 Å². The Kier molecular flexibility index (Phi) is 3.43. The number of phenolic OH excluding ortho intramolecular Hbond substituents is 1. The van der Waals surface area contributed by atoms with E-state index in [1.807, 2.05) is 0 Å². The molecule has 1 heterocycles. The van der Waals surface area contributed by atoms with Crippen LogP contribution in [0.2, 0.25) is 0 Å². The fourth-order valence-electron chi connectivity index (χ4n) is 2.53. The lowest BCUT2D eigenvalue weighted by Gasteiger charge is -2.04. The summed E-state index contributed by atoms with van der Waals surface area (Å²) in [5, 5.41) is 20.7. The number of nitrogens with one attached hydrogen (secondary N) is 2. The lowest BCUT2D eigenvalue weighted by molar-refractivity contribution is 0.0949. The van der Waals surface area contributed by atoms with Gasteiger partial charge in [-0.25, -0.2) is 5.43 Å². The largest absolute Gasteiger partial charge is 0.507 e. The quantitative estimate of drug-likeness (QED) is 0.592. The van der Waals surface area contributed by atoms with E-state index >= 15 is 0 Å². The van der Waals surface area contributed by atoms with Crippen LogP contribution < -0.4 is 5.43 Å². The molecule has 1 aromatic heterocycles. The first kappa shape index (κ1) is 13.4. The third-order valence-electron chi connectivity index (χ3n) is 3.64. The van der Waals surface area contributed by atoms with Crippen molar-refractivity contribution in [3.05, 3.63) is 46.8 Å². The molecule has 0 fully saturated rings. The minimum atomic E-state index is -0.329. The molecule has 0 atom stereocenters. The Morgan fingerprint density at radius 2 is 2.19 bits per heavy atom. The lowest BCUT2D eigenvalue weighted by atomic mass is 10.1. The van der Waals surface area contributed by atoms with Crippen LogP contribution in [0, 0.1) is 0 Å². The molecule has 0 spiro atoms. The minimum absolute atomic E-state index is 0.133. The number of aryl methyl sites for hydroxylation is 1. The summed E-state index contributed by atoms with van der Waals surface area (Å²) in [6, 6.07) is 6.86. The number of aromatic amines is 1. The SMILES string of the molecule is C/C(=N\NC(=O)c1n[nH]c2c1CCC2)c1ccccc1O. The van der Waals surface area contributed by atoms with Crippen LogP contribution in [0.3, 0.4) is 0 Å². The summed E-state index contributed by atoms with van der Waals surface area (Å²) in [6.07, 6.45) is 2.86. The molecule has 0 saturated heterocycles. The fraction of sp³-hybridized carbons (Fsp3) is 0.267. The van der Waals surface area contributed by atoms with Crippen LogP contribution in [0.1, 0.15) is 40.7 Å². The molecule has 3 N–H and O–H groups in total. The summed E-state index contributed by atoms with van der Waals surface area (Å²) in [5.74, 6) is -0.196. The van der Waals surface area contributed by atoms with Gasteiger partial charge >= 0.3 is 0 Å². The molecule has 0 unspecified atom stereocenters. The van der Waals surface area contributed by atoms with Crippen LogP contribution in [0.15, 0.2) is 29.4 Å². The molecule has 3 rings (SSSR count). The number of amides is 1. The van der Waals surface area contributed by atoms with Gasteiger partial charge in [-0.05, 0) is 38.3 Å². The molecule has 21 heavy (non-hydrogen) atoms. The third kappa shape index (κ3) is 2.52. The van der Waals surface area contributed by atoms with Crippen LogP contribution in [0.4, 0.5) is 0 Å². The van der Waals surface area contributed by atoms with E-state index in [4.69, 9.17) is 0 Å². The van der Waals surface area contributed by atoms with Gasteiger partial charge in [-0.1, -0.05) is 12.1 Å². The van der Waals surface area contributed by atoms with Crippen molar-refractivity contribution in [3.63, 3.8) is 0 Å². The molecule has 2 aromatic rings. The predicted molar refractivity (Wildman–Crippen MR) is 78.4 cm³/mol. The van der Waals surface area contributed by atoms with Crippen molar-refractivity contribution in [1.82, 2.24) is 15.6 Å². The number of phenols is 1. The number of aromatic hydroxyl groups is 1. The number of para-hydroxylation sites is 1. The van der Waals surface area contributed by atoms with Crippen molar-refractivity contribution in [2.45, 2.75) is 26.2 Å². The van der Waals surface area contributed by atoms with Crippen LogP contribution in [-0.4, -0.2) is 26.9 Å². The molecule has 0 aliphatic heterocycles. The van der Waals surface area contributed by atoms with Crippen molar-refractivity contribution in [1.29, 1.82) is 0 Å². The minimum Gasteiger partial charge on any atom is -0.507 e. The van der Waals surface area contributed by atoms with Crippen molar-refractivity contribution >= 4 is 11.6 Å². The molecule has 0 bridgehead atoms. The highest BCUT2D eigenvalue weighted by Crippen LogP contribution is 2.22. The molecule has 1 aliphatic rings. The van der Waals surface area contributed by atoms with E-state index in [0.717, 1.165) is 30.5 Å². The Morgan fingerprint density at radius 3 is 3.00 bits per heavy atom. The Bertz CT molecular complexity index is 718. The highest BCUT2D eigenvalue weighted by Gasteiger charge is 2.22. The van der Waals surface area contributed by atoms with E-state index in [1.165, 1.54) is 0 Å². The van der Waals surface area contributed by atoms with Gasteiger partial charge in [0.1, 0.15) is 5.75 Å². The van der Waals surface area contributed by atoms with E-state index < -0.39 is 0 Å². The summed E-state index contributed by atoms with van der Waals surface area (Å²) in [6.45, 7) is 1.73. The Balaban J connectivity index is 1.76. The summed E-state index contributed by atoms with van der Waals surface area (Å²) < 4.78 is 0. The number of hydrazone groups is 1. The molecule has 0 radical (unpaired) electrons. The zero-order valence-electron chi connectivity index (χ0n) is 11.7. The number of rotatable bonds is 3. The number of H-pyrrole nitrogens is 1. The standard InChI is InChI=1S/C15H16N4O2/c1-9(10-5-2-3-8-13(10)20)16-19-15(21)14-11-6-4-7-12(11)17-18-14/h2-3,5,8,20H,4,6-7H2,1H3,(H,17,18)(H,19,21)/b16-9+. The summed E-state index contributed by atoms with van der Waals surface area (Å²) >= 11 is 0. The summed E-state index contributed by atoms with van der Waals surface area (Å²) in [7, 11) is 0. The number of aromatic nitrogens is 2. The Morgan fingerprint density at radius 1 is 1.38 bits per heavy atom. The van der Waals surface area contributed by atoms with Gasteiger partial charge in [-0.15, -0.1) is 0 Å². The second kappa shape index (κ2) is 5.40. The zero-order valence-corrected chi connectivity index (χ0v) is 11.7.